The Balaban J connectivity index is 1.93. The van der Waals surface area contributed by atoms with Gasteiger partial charge in [-0.15, -0.1) is 0 Å². The molecular formula is C17H19ClO. The Morgan fingerprint density at radius 1 is 1.05 bits per heavy atom. The van der Waals surface area contributed by atoms with Crippen LogP contribution >= 0.6 is 11.6 Å². The molecule has 0 spiro atoms. The molecule has 1 nitrogen and oxygen atoms in total. The van der Waals surface area contributed by atoms with Crippen molar-refractivity contribution in [2.75, 3.05) is 0 Å². The van der Waals surface area contributed by atoms with Crippen molar-refractivity contribution in [3.63, 3.8) is 0 Å². The molecule has 1 fully saturated rings. The van der Waals surface area contributed by atoms with Gasteiger partial charge in [0.1, 0.15) is 0 Å². The Morgan fingerprint density at radius 3 is 2.47 bits per heavy atom. The van der Waals surface area contributed by atoms with Gasteiger partial charge in [-0.3, -0.25) is 0 Å². The summed E-state index contributed by atoms with van der Waals surface area (Å²) in [5, 5.41) is 13.4. The fourth-order valence-electron chi connectivity index (χ4n) is 3.26. The van der Waals surface area contributed by atoms with Gasteiger partial charge in [0.05, 0.1) is 6.10 Å². The molecule has 0 aliphatic heterocycles. The van der Waals surface area contributed by atoms with Crippen molar-refractivity contribution < 1.29 is 5.11 Å². The third-order valence-corrected chi connectivity index (χ3v) is 4.62. The summed E-state index contributed by atoms with van der Waals surface area (Å²) in [6.45, 7) is 0. The van der Waals surface area contributed by atoms with Gasteiger partial charge in [0, 0.05) is 10.4 Å². The van der Waals surface area contributed by atoms with Gasteiger partial charge in [-0.1, -0.05) is 67.6 Å². The minimum absolute atomic E-state index is 0.370. The van der Waals surface area contributed by atoms with Gasteiger partial charge in [0.2, 0.25) is 0 Å². The van der Waals surface area contributed by atoms with E-state index >= 15 is 0 Å². The van der Waals surface area contributed by atoms with E-state index in [0.29, 0.717) is 5.92 Å². The fourth-order valence-corrected chi connectivity index (χ4v) is 3.49. The average Bonchev–Trinajstić information content (AvgIpc) is 2.92. The van der Waals surface area contributed by atoms with E-state index in [4.69, 9.17) is 11.6 Å². The Kier molecular flexibility index (Phi) is 3.76. The Labute approximate surface area is 119 Å². The molecule has 0 radical (unpaired) electrons. The van der Waals surface area contributed by atoms with Crippen LogP contribution in [0.5, 0.6) is 0 Å². The highest BCUT2D eigenvalue weighted by Crippen LogP contribution is 2.36. The van der Waals surface area contributed by atoms with Crippen molar-refractivity contribution >= 4 is 22.4 Å². The highest BCUT2D eigenvalue weighted by atomic mass is 35.5. The van der Waals surface area contributed by atoms with E-state index in [1.807, 2.05) is 30.3 Å². The van der Waals surface area contributed by atoms with Crippen LogP contribution in [0, 0.1) is 5.92 Å². The summed E-state index contributed by atoms with van der Waals surface area (Å²) < 4.78 is 0. The average molecular weight is 275 g/mol. The number of rotatable bonds is 3. The van der Waals surface area contributed by atoms with E-state index in [9.17, 15) is 5.11 Å². The maximum atomic E-state index is 10.5. The second kappa shape index (κ2) is 5.52. The van der Waals surface area contributed by atoms with E-state index in [0.717, 1.165) is 27.8 Å². The molecule has 1 aliphatic rings. The summed E-state index contributed by atoms with van der Waals surface area (Å²) in [6.07, 6.45) is 5.68. The first-order valence-corrected chi connectivity index (χ1v) is 7.48. The highest BCUT2D eigenvalue weighted by Gasteiger charge is 2.21. The van der Waals surface area contributed by atoms with E-state index in [1.165, 1.54) is 25.7 Å². The van der Waals surface area contributed by atoms with Crippen LogP contribution in [0.3, 0.4) is 0 Å². The van der Waals surface area contributed by atoms with Crippen molar-refractivity contribution in [3.8, 4) is 0 Å². The second-order valence-corrected chi connectivity index (χ2v) is 5.99. The van der Waals surface area contributed by atoms with Gasteiger partial charge in [-0.25, -0.2) is 0 Å². The molecule has 3 rings (SSSR count). The van der Waals surface area contributed by atoms with Crippen LogP contribution in [0.15, 0.2) is 36.4 Å². The standard InChI is InChI=1S/C17H19ClO/c18-16-10-9-15(13-7-3-4-8-14(13)16)17(19)11-12-5-1-2-6-12/h3-4,7-10,12,17,19H,1-2,5-6,11H2. The lowest BCUT2D eigenvalue weighted by Crippen LogP contribution is -2.05. The molecule has 0 bridgehead atoms. The smallest absolute Gasteiger partial charge is 0.0798 e. The first-order valence-electron chi connectivity index (χ1n) is 7.11. The number of benzene rings is 2. The molecule has 1 aliphatic carbocycles. The number of halogens is 1. The van der Waals surface area contributed by atoms with Crippen molar-refractivity contribution in [2.45, 2.75) is 38.2 Å². The molecule has 100 valence electrons. The summed E-state index contributed by atoms with van der Waals surface area (Å²) in [4.78, 5) is 0. The molecule has 2 aromatic rings. The summed E-state index contributed by atoms with van der Waals surface area (Å²) in [6, 6.07) is 11.9. The van der Waals surface area contributed by atoms with E-state index in [-0.39, 0.29) is 6.10 Å². The topological polar surface area (TPSA) is 20.2 Å². The largest absolute Gasteiger partial charge is 0.388 e. The lowest BCUT2D eigenvalue weighted by atomic mass is 9.92. The van der Waals surface area contributed by atoms with Gasteiger partial charge in [0.25, 0.3) is 0 Å². The normalized spacial score (nSPS) is 18.0. The Hall–Kier alpha value is -1.05. The third-order valence-electron chi connectivity index (χ3n) is 4.29. The number of aliphatic hydroxyl groups is 1. The number of aliphatic hydroxyl groups excluding tert-OH is 1. The Bertz CT molecular complexity index is 572. The maximum absolute atomic E-state index is 10.5. The summed E-state index contributed by atoms with van der Waals surface area (Å²) in [7, 11) is 0. The molecular weight excluding hydrogens is 256 g/mol. The molecule has 0 heterocycles. The highest BCUT2D eigenvalue weighted by molar-refractivity contribution is 6.35. The Morgan fingerprint density at radius 2 is 1.74 bits per heavy atom. The van der Waals surface area contributed by atoms with Crippen molar-refractivity contribution in [2.24, 2.45) is 5.92 Å². The van der Waals surface area contributed by atoms with Crippen LogP contribution in [0.4, 0.5) is 0 Å². The second-order valence-electron chi connectivity index (χ2n) is 5.58. The van der Waals surface area contributed by atoms with Crippen molar-refractivity contribution in [3.05, 3.63) is 47.0 Å². The zero-order chi connectivity index (χ0) is 13.2. The molecule has 1 unspecified atom stereocenters. The third kappa shape index (κ3) is 2.63. The molecule has 0 saturated heterocycles. The summed E-state index contributed by atoms with van der Waals surface area (Å²) in [5.41, 5.74) is 1.02. The van der Waals surface area contributed by atoms with Crippen LogP contribution < -0.4 is 0 Å². The molecule has 0 amide bonds. The van der Waals surface area contributed by atoms with Gasteiger partial charge < -0.3 is 5.11 Å². The predicted octanol–water partition coefficient (Wildman–Crippen LogP) is 5.11. The lowest BCUT2D eigenvalue weighted by molar-refractivity contribution is 0.146. The van der Waals surface area contributed by atoms with Crippen LogP contribution in [-0.4, -0.2) is 5.11 Å². The minimum atomic E-state index is -0.370. The van der Waals surface area contributed by atoms with Crippen LogP contribution in [0.25, 0.3) is 10.8 Å². The summed E-state index contributed by atoms with van der Waals surface area (Å²) >= 11 is 6.22. The fraction of sp³-hybridized carbons (Fsp3) is 0.412. The zero-order valence-electron chi connectivity index (χ0n) is 11.0. The monoisotopic (exact) mass is 274 g/mol. The summed E-state index contributed by atoms with van der Waals surface area (Å²) in [5.74, 6) is 0.685. The van der Waals surface area contributed by atoms with Gasteiger partial charge in [-0.2, -0.15) is 0 Å². The molecule has 0 aromatic heterocycles. The van der Waals surface area contributed by atoms with Crippen LogP contribution in [0.1, 0.15) is 43.8 Å². The van der Waals surface area contributed by atoms with Gasteiger partial charge in [-0.05, 0) is 29.4 Å². The van der Waals surface area contributed by atoms with E-state index < -0.39 is 0 Å². The molecule has 1 N–H and O–H groups in total. The van der Waals surface area contributed by atoms with E-state index in [2.05, 4.69) is 6.07 Å². The number of hydrogen-bond donors (Lipinski definition) is 1. The quantitative estimate of drug-likeness (QED) is 0.825. The van der Waals surface area contributed by atoms with Gasteiger partial charge >= 0.3 is 0 Å². The van der Waals surface area contributed by atoms with Crippen molar-refractivity contribution in [1.82, 2.24) is 0 Å². The number of hydrogen-bond acceptors (Lipinski definition) is 1. The molecule has 19 heavy (non-hydrogen) atoms. The lowest BCUT2D eigenvalue weighted by Gasteiger charge is -2.18. The zero-order valence-corrected chi connectivity index (χ0v) is 11.7. The minimum Gasteiger partial charge on any atom is -0.388 e. The molecule has 2 heteroatoms. The van der Waals surface area contributed by atoms with E-state index in [1.54, 1.807) is 0 Å². The SMILES string of the molecule is OC(CC1CCCC1)c1ccc(Cl)c2ccccc12. The van der Waals surface area contributed by atoms with Crippen LogP contribution in [-0.2, 0) is 0 Å². The molecule has 2 aromatic carbocycles. The molecule has 1 atom stereocenters. The number of fused-ring (bicyclic) bond motifs is 1. The van der Waals surface area contributed by atoms with Crippen molar-refractivity contribution in [1.29, 1.82) is 0 Å². The van der Waals surface area contributed by atoms with Gasteiger partial charge in [0.15, 0.2) is 0 Å². The maximum Gasteiger partial charge on any atom is 0.0798 e. The first kappa shape index (κ1) is 13.0. The predicted molar refractivity (Wildman–Crippen MR) is 80.5 cm³/mol. The first-order chi connectivity index (χ1) is 9.25. The molecule has 1 saturated carbocycles. The van der Waals surface area contributed by atoms with Crippen LogP contribution in [0.2, 0.25) is 5.02 Å².